The molecule has 3 aromatic carbocycles. The Hall–Kier alpha value is -3.97. The molecule has 0 aliphatic heterocycles. The lowest BCUT2D eigenvalue weighted by Gasteiger charge is -2.27. The molecule has 6 nitrogen and oxygen atoms in total. The third-order valence-corrected chi connectivity index (χ3v) is 10.5. The van der Waals surface area contributed by atoms with Gasteiger partial charge in [-0.25, -0.2) is 0 Å². The molecule has 2 amide bonds. The molecule has 2 N–H and O–H groups in total. The number of benzene rings is 3. The van der Waals surface area contributed by atoms with E-state index in [1.807, 2.05) is 113 Å². The smallest absolute Gasteiger partial charge is 0.224 e. The molecule has 1 fully saturated rings. The summed E-state index contributed by atoms with van der Waals surface area (Å²) in [4.78, 5) is 56.8. The van der Waals surface area contributed by atoms with Crippen LogP contribution in [0.3, 0.4) is 0 Å². The number of thiocarbonyl (C=S) groups is 1. The van der Waals surface area contributed by atoms with Crippen molar-refractivity contribution in [1.82, 2.24) is 10.6 Å². The Morgan fingerprint density at radius 1 is 0.654 bits per heavy atom. The van der Waals surface area contributed by atoms with Gasteiger partial charge in [-0.2, -0.15) is 0 Å². The summed E-state index contributed by atoms with van der Waals surface area (Å²) < 4.78 is 0. The molecule has 0 heterocycles. The highest BCUT2D eigenvalue weighted by Gasteiger charge is 2.48. The molecule has 278 valence electrons. The first-order chi connectivity index (χ1) is 24.8. The molecular formula is C45H58N2O4S. The second-order valence-electron chi connectivity index (χ2n) is 16.0. The Kier molecular flexibility index (Phi) is 15.5. The van der Waals surface area contributed by atoms with Gasteiger partial charge in [0.2, 0.25) is 11.8 Å². The fraction of sp³-hybridized carbons (Fsp3) is 0.489. The molecular weight excluding hydrogens is 665 g/mol. The normalized spacial score (nSPS) is 15.7. The van der Waals surface area contributed by atoms with Gasteiger partial charge in [-0.05, 0) is 84.8 Å². The van der Waals surface area contributed by atoms with Crippen LogP contribution >= 0.6 is 12.2 Å². The molecule has 0 unspecified atom stereocenters. The average Bonchev–Trinajstić information content (AvgIpc) is 3.87. The number of aryl methyl sites for hydroxylation is 1. The van der Waals surface area contributed by atoms with Crippen LogP contribution in [0.15, 0.2) is 91.0 Å². The maximum absolute atomic E-state index is 14.3. The first kappa shape index (κ1) is 40.8. The Balaban J connectivity index is 1.53. The highest BCUT2D eigenvalue weighted by Crippen LogP contribution is 2.47. The monoisotopic (exact) mass is 722 g/mol. The minimum Gasteiger partial charge on any atom is -0.346 e. The van der Waals surface area contributed by atoms with Crippen LogP contribution in [-0.4, -0.2) is 40.3 Å². The number of nitrogens with one attached hydrogen (secondary N) is 2. The summed E-state index contributed by atoms with van der Waals surface area (Å²) in [5.41, 5.74) is 2.80. The molecule has 4 rings (SSSR count). The van der Waals surface area contributed by atoms with E-state index in [2.05, 4.69) is 22.8 Å². The van der Waals surface area contributed by atoms with Crippen LogP contribution in [0.4, 0.5) is 0 Å². The zero-order valence-corrected chi connectivity index (χ0v) is 32.6. The SMILES string of the molecule is CC(C)C[C@H](NC(=O)[C@H](CCc1ccccc1)CC(=S)Cc1ccccc1)C(=O)C[C@@H](Cc1ccccc1)C(=O)N[C@@H](CC(C)C)C(=O)C1(C)CC1. The van der Waals surface area contributed by atoms with Crippen molar-refractivity contribution in [2.75, 3.05) is 0 Å². The van der Waals surface area contributed by atoms with Gasteiger partial charge in [0.05, 0.1) is 12.1 Å². The number of Topliss-reactive ketones (excluding diaryl/α,β-unsaturated/α-hetero) is 2. The largest absolute Gasteiger partial charge is 0.346 e. The number of hydrogen-bond donors (Lipinski definition) is 2. The molecule has 52 heavy (non-hydrogen) atoms. The second-order valence-corrected chi connectivity index (χ2v) is 16.6. The molecule has 3 aromatic rings. The van der Waals surface area contributed by atoms with E-state index >= 15 is 0 Å². The van der Waals surface area contributed by atoms with Gasteiger partial charge in [-0.3, -0.25) is 19.2 Å². The Bertz CT molecular complexity index is 1620. The summed E-state index contributed by atoms with van der Waals surface area (Å²) in [7, 11) is 0. The van der Waals surface area contributed by atoms with Crippen molar-refractivity contribution in [3.63, 3.8) is 0 Å². The van der Waals surface area contributed by atoms with E-state index < -0.39 is 23.9 Å². The van der Waals surface area contributed by atoms with E-state index in [0.29, 0.717) is 44.9 Å². The Labute approximate surface area is 316 Å². The number of hydrogen-bond acceptors (Lipinski definition) is 5. The maximum Gasteiger partial charge on any atom is 0.224 e. The fourth-order valence-corrected chi connectivity index (χ4v) is 7.27. The van der Waals surface area contributed by atoms with Gasteiger partial charge < -0.3 is 10.6 Å². The molecule has 7 heteroatoms. The summed E-state index contributed by atoms with van der Waals surface area (Å²) in [6.45, 7) is 10.1. The number of rotatable bonds is 22. The standard InChI is InChI=1S/C45H58N2O4S/c1-31(2)25-39(46-43(50)36(22-21-33-15-9-6-10-16-33)29-38(52)28-35-19-13-8-14-20-35)41(48)30-37(27-34-17-11-7-12-18-34)44(51)47-40(26-32(3)4)42(49)45(5)23-24-45/h6-20,31-32,36-37,39-40H,21-30H2,1-5H3,(H,46,50)(H,47,51)/t36-,37-,39+,40+/m1/s1. The van der Waals surface area contributed by atoms with E-state index in [-0.39, 0.29) is 47.1 Å². The zero-order valence-electron chi connectivity index (χ0n) is 31.7. The lowest BCUT2D eigenvalue weighted by Crippen LogP contribution is -2.49. The average molecular weight is 723 g/mol. The van der Waals surface area contributed by atoms with E-state index in [9.17, 15) is 19.2 Å². The number of carbonyl (C=O) groups excluding carboxylic acids is 4. The first-order valence-corrected chi connectivity index (χ1v) is 19.5. The predicted molar refractivity (Wildman–Crippen MR) is 214 cm³/mol. The third kappa shape index (κ3) is 13.2. The van der Waals surface area contributed by atoms with Crippen LogP contribution < -0.4 is 10.6 Å². The summed E-state index contributed by atoms with van der Waals surface area (Å²) in [5.74, 6) is -1.32. The molecule has 0 bridgehead atoms. The van der Waals surface area contributed by atoms with Crippen molar-refractivity contribution in [3.8, 4) is 0 Å². The van der Waals surface area contributed by atoms with Gasteiger partial charge >= 0.3 is 0 Å². The van der Waals surface area contributed by atoms with Crippen LogP contribution in [-0.2, 0) is 38.4 Å². The number of carbonyl (C=O) groups is 4. The minimum absolute atomic E-state index is 0.0423. The van der Waals surface area contributed by atoms with Crippen molar-refractivity contribution in [2.45, 2.75) is 111 Å². The summed E-state index contributed by atoms with van der Waals surface area (Å²) in [6, 6.07) is 28.4. The number of amides is 2. The lowest BCUT2D eigenvalue weighted by molar-refractivity contribution is -0.135. The molecule has 1 saturated carbocycles. The third-order valence-electron chi connectivity index (χ3n) is 10.2. The molecule has 0 spiro atoms. The van der Waals surface area contributed by atoms with Crippen LogP contribution in [0.2, 0.25) is 0 Å². The highest BCUT2D eigenvalue weighted by atomic mass is 32.1. The first-order valence-electron chi connectivity index (χ1n) is 19.1. The van der Waals surface area contributed by atoms with Gasteiger partial charge in [0.15, 0.2) is 11.6 Å². The summed E-state index contributed by atoms with van der Waals surface area (Å²) in [5, 5.41) is 6.23. The zero-order chi connectivity index (χ0) is 37.7. The van der Waals surface area contributed by atoms with Crippen molar-refractivity contribution >= 4 is 40.5 Å². The Morgan fingerprint density at radius 2 is 1.13 bits per heavy atom. The predicted octanol–water partition coefficient (Wildman–Crippen LogP) is 8.49. The van der Waals surface area contributed by atoms with Crippen molar-refractivity contribution in [2.24, 2.45) is 29.1 Å². The van der Waals surface area contributed by atoms with Gasteiger partial charge in [0.25, 0.3) is 0 Å². The van der Waals surface area contributed by atoms with Gasteiger partial charge in [-0.1, -0.05) is 138 Å². The van der Waals surface area contributed by atoms with Crippen molar-refractivity contribution < 1.29 is 19.2 Å². The quantitative estimate of drug-likeness (QED) is 0.102. The molecule has 1 aliphatic rings. The molecule has 0 radical (unpaired) electrons. The van der Waals surface area contributed by atoms with Gasteiger partial charge in [-0.15, -0.1) is 0 Å². The molecule has 0 aromatic heterocycles. The van der Waals surface area contributed by atoms with Gasteiger partial charge in [0, 0.05) is 30.1 Å². The molecule has 0 saturated heterocycles. The van der Waals surface area contributed by atoms with Gasteiger partial charge in [0.1, 0.15) is 0 Å². The fourth-order valence-electron chi connectivity index (χ4n) is 6.90. The topological polar surface area (TPSA) is 92.3 Å². The van der Waals surface area contributed by atoms with Crippen LogP contribution in [0, 0.1) is 29.1 Å². The van der Waals surface area contributed by atoms with E-state index in [0.717, 1.165) is 34.4 Å². The van der Waals surface area contributed by atoms with Crippen molar-refractivity contribution in [1.29, 1.82) is 0 Å². The second kappa shape index (κ2) is 19.8. The number of ketones is 2. The van der Waals surface area contributed by atoms with E-state index in [4.69, 9.17) is 12.2 Å². The lowest BCUT2D eigenvalue weighted by atomic mass is 9.87. The van der Waals surface area contributed by atoms with Crippen LogP contribution in [0.1, 0.15) is 96.3 Å². The summed E-state index contributed by atoms with van der Waals surface area (Å²) >= 11 is 5.84. The molecule has 1 aliphatic carbocycles. The molecule has 4 atom stereocenters. The van der Waals surface area contributed by atoms with E-state index in [1.54, 1.807) is 0 Å². The highest BCUT2D eigenvalue weighted by molar-refractivity contribution is 7.80. The summed E-state index contributed by atoms with van der Waals surface area (Å²) in [6.07, 6.45) is 5.34. The van der Waals surface area contributed by atoms with Crippen LogP contribution in [0.5, 0.6) is 0 Å². The Morgan fingerprint density at radius 3 is 1.67 bits per heavy atom. The van der Waals surface area contributed by atoms with Crippen LogP contribution in [0.25, 0.3) is 0 Å². The van der Waals surface area contributed by atoms with E-state index in [1.165, 1.54) is 0 Å². The maximum atomic E-state index is 14.3. The minimum atomic E-state index is -0.751. The van der Waals surface area contributed by atoms with Crippen molar-refractivity contribution in [3.05, 3.63) is 108 Å².